The lowest BCUT2D eigenvalue weighted by molar-refractivity contribution is 0.477. The molecule has 0 saturated heterocycles. The molecule has 146 valence electrons. The number of benzene rings is 3. The summed E-state index contributed by atoms with van der Waals surface area (Å²) in [6.07, 6.45) is 0.878. The van der Waals surface area contributed by atoms with Gasteiger partial charge in [0.25, 0.3) is 0 Å². The molecule has 0 radical (unpaired) electrons. The minimum Gasteiger partial charge on any atom is -0.507 e. The fourth-order valence-electron chi connectivity index (χ4n) is 3.23. The number of phenols is 1. The van der Waals surface area contributed by atoms with E-state index in [9.17, 15) is 5.11 Å². The monoisotopic (exact) mass is 384 g/mol. The molecule has 0 aliphatic rings. The lowest BCUT2D eigenvalue weighted by Gasteiger charge is -2.14. The molecular weight excluding hydrogens is 360 g/mol. The zero-order chi connectivity index (χ0) is 20.2. The van der Waals surface area contributed by atoms with Gasteiger partial charge in [-0.1, -0.05) is 55.5 Å². The minimum atomic E-state index is 0.0435. The number of para-hydroxylation sites is 1. The first-order valence-corrected chi connectivity index (χ1v) is 9.80. The largest absolute Gasteiger partial charge is 0.507 e. The normalized spacial score (nSPS) is 12.1. The summed E-state index contributed by atoms with van der Waals surface area (Å²) >= 11 is 0. The predicted octanol–water partition coefficient (Wildman–Crippen LogP) is 4.82. The van der Waals surface area contributed by atoms with E-state index in [0.29, 0.717) is 17.9 Å². The number of hydrogen-bond acceptors (Lipinski definition) is 5. The van der Waals surface area contributed by atoms with E-state index >= 15 is 0 Å². The summed E-state index contributed by atoms with van der Waals surface area (Å²) in [4.78, 5) is 9.44. The molecule has 3 aromatic carbocycles. The summed E-state index contributed by atoms with van der Waals surface area (Å²) in [5.74, 6) is 1.35. The van der Waals surface area contributed by atoms with Crippen molar-refractivity contribution in [1.29, 1.82) is 0 Å². The van der Waals surface area contributed by atoms with Gasteiger partial charge < -0.3 is 16.2 Å². The van der Waals surface area contributed by atoms with Gasteiger partial charge in [0.15, 0.2) is 5.82 Å². The van der Waals surface area contributed by atoms with Crippen LogP contribution in [0.1, 0.15) is 13.3 Å². The molecule has 29 heavy (non-hydrogen) atoms. The number of anilines is 1. The molecule has 0 spiro atoms. The Bertz CT molecular complexity index is 1130. The van der Waals surface area contributed by atoms with E-state index in [0.717, 1.165) is 34.3 Å². The molecule has 5 heteroatoms. The maximum atomic E-state index is 10.5. The Labute approximate surface area is 170 Å². The average molecular weight is 384 g/mol. The van der Waals surface area contributed by atoms with Crippen molar-refractivity contribution in [2.24, 2.45) is 5.73 Å². The average Bonchev–Trinajstić information content (AvgIpc) is 2.78. The van der Waals surface area contributed by atoms with Crippen molar-refractivity contribution in [3.8, 4) is 28.3 Å². The van der Waals surface area contributed by atoms with Crippen molar-refractivity contribution in [3.63, 3.8) is 0 Å². The molecule has 1 unspecified atom stereocenters. The van der Waals surface area contributed by atoms with Gasteiger partial charge in [-0.05, 0) is 41.8 Å². The molecule has 0 fully saturated rings. The topological polar surface area (TPSA) is 84.1 Å². The number of rotatable bonds is 6. The summed E-state index contributed by atoms with van der Waals surface area (Å²) in [5, 5.41) is 14.8. The lowest BCUT2D eigenvalue weighted by atomic mass is 10.0. The molecule has 0 aliphatic carbocycles. The van der Waals surface area contributed by atoms with E-state index in [1.807, 2.05) is 66.7 Å². The van der Waals surface area contributed by atoms with Crippen molar-refractivity contribution in [2.75, 3.05) is 11.9 Å². The summed E-state index contributed by atoms with van der Waals surface area (Å²) < 4.78 is 0. The van der Waals surface area contributed by atoms with Gasteiger partial charge in [0.2, 0.25) is 0 Å². The number of nitrogens with two attached hydrogens (primary N) is 1. The molecular formula is C24H24N4O. The summed E-state index contributed by atoms with van der Waals surface area (Å²) in [6, 6.07) is 23.4. The molecule has 4 N–H and O–H groups in total. The third-order valence-corrected chi connectivity index (χ3v) is 5.00. The van der Waals surface area contributed by atoms with Crippen LogP contribution in [0.3, 0.4) is 0 Å². The van der Waals surface area contributed by atoms with Crippen LogP contribution in [0.4, 0.5) is 5.82 Å². The number of aromatic nitrogens is 2. The van der Waals surface area contributed by atoms with E-state index in [1.165, 1.54) is 0 Å². The lowest BCUT2D eigenvalue weighted by Crippen LogP contribution is -2.28. The number of nitrogens with one attached hydrogen (secondary N) is 1. The van der Waals surface area contributed by atoms with Gasteiger partial charge in [-0.15, -0.1) is 0 Å². The highest BCUT2D eigenvalue weighted by molar-refractivity contribution is 5.91. The number of hydrogen-bond donors (Lipinski definition) is 3. The Balaban J connectivity index is 1.81. The van der Waals surface area contributed by atoms with Crippen LogP contribution in [0, 0.1) is 0 Å². The van der Waals surface area contributed by atoms with Crippen molar-refractivity contribution in [3.05, 3.63) is 72.8 Å². The van der Waals surface area contributed by atoms with Gasteiger partial charge in [0.1, 0.15) is 11.6 Å². The molecule has 0 amide bonds. The van der Waals surface area contributed by atoms with E-state index in [4.69, 9.17) is 15.7 Å². The number of aromatic hydroxyl groups is 1. The molecule has 5 nitrogen and oxygen atoms in total. The van der Waals surface area contributed by atoms with E-state index in [2.05, 4.69) is 12.2 Å². The maximum absolute atomic E-state index is 10.5. The highest BCUT2D eigenvalue weighted by Gasteiger charge is 2.14. The SMILES string of the molecule is CCC(N)CNc1nc(-c2cc(-c3ccccc3)ccc2O)nc2ccccc12. The van der Waals surface area contributed by atoms with Crippen LogP contribution in [0.25, 0.3) is 33.4 Å². The zero-order valence-electron chi connectivity index (χ0n) is 16.3. The smallest absolute Gasteiger partial charge is 0.165 e. The number of fused-ring (bicyclic) bond motifs is 1. The second kappa shape index (κ2) is 8.29. The molecule has 0 bridgehead atoms. The predicted molar refractivity (Wildman–Crippen MR) is 119 cm³/mol. The fraction of sp³-hybridized carbons (Fsp3) is 0.167. The number of phenolic OH excluding ortho intramolecular Hbond substituents is 1. The Morgan fingerprint density at radius 1 is 0.931 bits per heavy atom. The molecule has 0 saturated carbocycles. The van der Waals surface area contributed by atoms with Crippen molar-refractivity contribution in [2.45, 2.75) is 19.4 Å². The van der Waals surface area contributed by atoms with Crippen LogP contribution < -0.4 is 11.1 Å². The van der Waals surface area contributed by atoms with Gasteiger partial charge in [0.05, 0.1) is 11.1 Å². The second-order valence-electron chi connectivity index (χ2n) is 7.06. The summed E-state index contributed by atoms with van der Waals surface area (Å²) in [7, 11) is 0. The molecule has 1 atom stereocenters. The van der Waals surface area contributed by atoms with Crippen molar-refractivity contribution < 1.29 is 5.11 Å². The van der Waals surface area contributed by atoms with Crippen LogP contribution in [-0.4, -0.2) is 27.7 Å². The van der Waals surface area contributed by atoms with Crippen LogP contribution in [0.2, 0.25) is 0 Å². The maximum Gasteiger partial charge on any atom is 0.165 e. The number of nitrogens with zero attached hydrogens (tertiary/aromatic N) is 2. The fourth-order valence-corrected chi connectivity index (χ4v) is 3.23. The minimum absolute atomic E-state index is 0.0435. The second-order valence-corrected chi connectivity index (χ2v) is 7.06. The van der Waals surface area contributed by atoms with Gasteiger partial charge >= 0.3 is 0 Å². The third kappa shape index (κ3) is 4.05. The molecule has 1 aromatic heterocycles. The first kappa shape index (κ1) is 18.9. The standard InChI is InChI=1S/C24H24N4O/c1-2-18(25)15-26-23-19-10-6-7-11-21(19)27-24(28-23)20-14-17(12-13-22(20)29)16-8-4-3-5-9-16/h3-14,18,29H,2,15,25H2,1H3,(H,26,27,28). The van der Waals surface area contributed by atoms with Crippen LogP contribution >= 0.6 is 0 Å². The Hall–Kier alpha value is -3.44. The van der Waals surface area contributed by atoms with E-state index in [-0.39, 0.29) is 11.8 Å². The first-order valence-electron chi connectivity index (χ1n) is 9.80. The highest BCUT2D eigenvalue weighted by atomic mass is 16.3. The first-order chi connectivity index (χ1) is 14.2. The Morgan fingerprint density at radius 2 is 1.69 bits per heavy atom. The summed E-state index contributed by atoms with van der Waals surface area (Å²) in [5.41, 5.74) is 9.56. The van der Waals surface area contributed by atoms with Gasteiger partial charge in [-0.2, -0.15) is 0 Å². The van der Waals surface area contributed by atoms with Gasteiger partial charge in [-0.25, -0.2) is 9.97 Å². The highest BCUT2D eigenvalue weighted by Crippen LogP contribution is 2.33. The van der Waals surface area contributed by atoms with Crippen molar-refractivity contribution >= 4 is 16.7 Å². The zero-order valence-corrected chi connectivity index (χ0v) is 16.3. The van der Waals surface area contributed by atoms with Crippen LogP contribution in [-0.2, 0) is 0 Å². The van der Waals surface area contributed by atoms with Crippen LogP contribution in [0.5, 0.6) is 5.75 Å². The Morgan fingerprint density at radius 3 is 2.48 bits per heavy atom. The summed E-state index contributed by atoms with van der Waals surface area (Å²) in [6.45, 7) is 2.68. The molecule has 4 rings (SSSR count). The molecule has 4 aromatic rings. The quantitative estimate of drug-likeness (QED) is 0.444. The van der Waals surface area contributed by atoms with E-state index in [1.54, 1.807) is 6.07 Å². The molecule has 1 heterocycles. The Kier molecular flexibility index (Phi) is 5.40. The van der Waals surface area contributed by atoms with Crippen molar-refractivity contribution in [1.82, 2.24) is 9.97 Å². The third-order valence-electron chi connectivity index (χ3n) is 5.00. The van der Waals surface area contributed by atoms with Gasteiger partial charge in [0, 0.05) is 18.0 Å². The molecule has 0 aliphatic heterocycles. The van der Waals surface area contributed by atoms with E-state index < -0.39 is 0 Å². The van der Waals surface area contributed by atoms with Crippen LogP contribution in [0.15, 0.2) is 72.8 Å². The van der Waals surface area contributed by atoms with Gasteiger partial charge in [-0.3, -0.25) is 0 Å².